The Bertz CT molecular complexity index is 640. The molecular weight excluding hydrogens is 372 g/mol. The number of carbonyl (C=O) groups excluding carboxylic acids is 2. The van der Waals surface area contributed by atoms with Gasteiger partial charge in [-0.1, -0.05) is 23.2 Å². The molecule has 0 N–H and O–H groups in total. The molecule has 0 spiro atoms. The van der Waals surface area contributed by atoms with E-state index in [1.54, 1.807) is 6.92 Å². The zero-order chi connectivity index (χ0) is 18.5. The molecule has 0 aromatic heterocycles. The maximum atomic E-state index is 12.6. The van der Waals surface area contributed by atoms with Crippen molar-refractivity contribution in [1.82, 2.24) is 0 Å². The Morgan fingerprint density at radius 3 is 2.21 bits per heavy atom. The van der Waals surface area contributed by atoms with E-state index in [0.29, 0.717) is 12.1 Å². The quantitative estimate of drug-likeness (QED) is 0.399. The highest BCUT2D eigenvalue weighted by molar-refractivity contribution is 6.38. The van der Waals surface area contributed by atoms with Crippen LogP contribution in [0.15, 0.2) is 22.4 Å². The van der Waals surface area contributed by atoms with E-state index < -0.39 is 29.4 Å². The Labute approximate surface area is 145 Å². The van der Waals surface area contributed by atoms with Crippen molar-refractivity contribution in [3.05, 3.63) is 27.7 Å². The van der Waals surface area contributed by atoms with E-state index in [4.69, 9.17) is 27.9 Å². The fourth-order valence-corrected chi connectivity index (χ4v) is 2.19. The van der Waals surface area contributed by atoms with Crippen molar-refractivity contribution in [2.45, 2.75) is 20.0 Å². The Morgan fingerprint density at radius 2 is 1.79 bits per heavy atom. The van der Waals surface area contributed by atoms with Gasteiger partial charge >= 0.3 is 12.1 Å². The highest BCUT2D eigenvalue weighted by Crippen LogP contribution is 2.40. The molecule has 0 saturated heterocycles. The molecule has 0 aliphatic carbocycles. The molecule has 0 aliphatic rings. The van der Waals surface area contributed by atoms with E-state index in [0.717, 1.165) is 0 Å². The van der Waals surface area contributed by atoms with E-state index >= 15 is 0 Å². The molecule has 0 saturated carbocycles. The van der Waals surface area contributed by atoms with Gasteiger partial charge in [-0.25, -0.2) is 0 Å². The number of alkyl halides is 3. The van der Waals surface area contributed by atoms with Crippen molar-refractivity contribution in [1.29, 1.82) is 0 Å². The summed E-state index contributed by atoms with van der Waals surface area (Å²) in [4.78, 5) is 23.0. The van der Waals surface area contributed by atoms with Gasteiger partial charge < -0.3 is 4.74 Å². The summed E-state index contributed by atoms with van der Waals surface area (Å²) in [5.41, 5.74) is -1.21. The van der Waals surface area contributed by atoms with Gasteiger partial charge in [0.05, 0.1) is 28.8 Å². The van der Waals surface area contributed by atoms with Crippen molar-refractivity contribution in [3.8, 4) is 0 Å². The summed E-state index contributed by atoms with van der Waals surface area (Å²) in [6.07, 6.45) is -4.60. The monoisotopic (exact) mass is 384 g/mol. The van der Waals surface area contributed by atoms with Gasteiger partial charge in [0.1, 0.15) is 17.4 Å². The van der Waals surface area contributed by atoms with Crippen LogP contribution < -0.4 is 0 Å². The van der Waals surface area contributed by atoms with Crippen LogP contribution in [0.2, 0.25) is 10.0 Å². The van der Waals surface area contributed by atoms with Crippen molar-refractivity contribution < 1.29 is 27.5 Å². The number of carbonyl (C=O) groups is 2. The van der Waals surface area contributed by atoms with Gasteiger partial charge in [-0.05, 0) is 26.0 Å². The second-order valence-electron chi connectivity index (χ2n) is 4.63. The minimum Gasteiger partial charge on any atom is -0.465 e. The molecule has 10 heteroatoms. The molecule has 0 radical (unpaired) electrons. The summed E-state index contributed by atoms with van der Waals surface area (Å²) in [5.74, 6) is -2.38. The third kappa shape index (κ3) is 5.45. The summed E-state index contributed by atoms with van der Waals surface area (Å²) < 4.78 is 42.6. The number of Topliss-reactive ketones (excluding diaryl/α,β-unsaturated/α-hetero) is 1. The third-order valence-electron chi connectivity index (χ3n) is 2.84. The first-order chi connectivity index (χ1) is 11.1. The second-order valence-corrected chi connectivity index (χ2v) is 5.44. The number of hydrogen-bond acceptors (Lipinski definition) is 5. The van der Waals surface area contributed by atoms with Crippen LogP contribution in [0.1, 0.15) is 19.4 Å². The number of benzene rings is 1. The molecule has 1 aromatic carbocycles. The summed E-state index contributed by atoms with van der Waals surface area (Å²) in [6, 6.07) is 1.32. The summed E-state index contributed by atoms with van der Waals surface area (Å²) in [6.45, 7) is 2.53. The Morgan fingerprint density at radius 1 is 1.25 bits per heavy atom. The number of nitrogens with zero attached hydrogens (tertiary/aromatic N) is 2. The molecule has 24 heavy (non-hydrogen) atoms. The van der Waals surface area contributed by atoms with E-state index in [1.807, 2.05) is 0 Å². The summed E-state index contributed by atoms with van der Waals surface area (Å²) >= 11 is 11.5. The van der Waals surface area contributed by atoms with Crippen LogP contribution in [0.25, 0.3) is 0 Å². The maximum Gasteiger partial charge on any atom is 0.416 e. The first-order valence-electron chi connectivity index (χ1n) is 6.68. The van der Waals surface area contributed by atoms with Gasteiger partial charge in [0, 0.05) is 0 Å². The molecule has 0 bridgehead atoms. The van der Waals surface area contributed by atoms with Crippen LogP contribution in [0.3, 0.4) is 0 Å². The molecule has 5 nitrogen and oxygen atoms in total. The number of esters is 1. The predicted molar refractivity (Wildman–Crippen MR) is 81.7 cm³/mol. The fourth-order valence-electron chi connectivity index (χ4n) is 1.63. The molecule has 0 heterocycles. The smallest absolute Gasteiger partial charge is 0.416 e. The molecule has 0 amide bonds. The molecular formula is C14H13Cl2F3N2O3. The highest BCUT2D eigenvalue weighted by Gasteiger charge is 2.32. The van der Waals surface area contributed by atoms with Crippen LogP contribution in [0, 0.1) is 5.92 Å². The zero-order valence-electron chi connectivity index (χ0n) is 12.7. The molecule has 1 rings (SSSR count). The Hall–Kier alpha value is -1.67. The Balaban J connectivity index is 2.98. The summed E-state index contributed by atoms with van der Waals surface area (Å²) in [5, 5.41) is 6.55. The normalized spacial score (nSPS) is 13.1. The zero-order valence-corrected chi connectivity index (χ0v) is 14.2. The lowest BCUT2D eigenvalue weighted by Crippen LogP contribution is -2.26. The number of ketones is 1. The highest BCUT2D eigenvalue weighted by atomic mass is 35.5. The van der Waals surface area contributed by atoms with Gasteiger partial charge in [-0.3, -0.25) is 9.59 Å². The van der Waals surface area contributed by atoms with Gasteiger partial charge in [0.2, 0.25) is 0 Å². The van der Waals surface area contributed by atoms with Gasteiger partial charge in [0.25, 0.3) is 0 Å². The minimum atomic E-state index is -4.60. The number of halogens is 5. The largest absolute Gasteiger partial charge is 0.465 e. The van der Waals surface area contributed by atoms with Gasteiger partial charge in [-0.15, -0.1) is 0 Å². The lowest BCUT2D eigenvalue weighted by molar-refractivity contribution is -0.150. The van der Waals surface area contributed by atoms with E-state index in [2.05, 4.69) is 10.2 Å². The molecule has 0 aliphatic heterocycles. The first kappa shape index (κ1) is 20.4. The molecule has 1 atom stereocenters. The molecule has 1 aromatic rings. The summed E-state index contributed by atoms with van der Waals surface area (Å²) in [7, 11) is 0. The average Bonchev–Trinajstić information content (AvgIpc) is 2.44. The second kappa shape index (κ2) is 8.43. The number of hydrogen-bond donors (Lipinski definition) is 0. The van der Waals surface area contributed by atoms with Crippen LogP contribution in [0.5, 0.6) is 0 Å². The fraction of sp³-hybridized carbons (Fsp3) is 0.429. The molecule has 132 valence electrons. The molecule has 1 unspecified atom stereocenters. The SMILES string of the molecule is CCOC(=O)C(CN=Nc1c(Cl)cc(C(F)(F)F)cc1Cl)C(C)=O. The maximum absolute atomic E-state index is 12.6. The average molecular weight is 385 g/mol. The van der Waals surface area contributed by atoms with Crippen molar-refractivity contribution in [3.63, 3.8) is 0 Å². The van der Waals surface area contributed by atoms with Gasteiger partial charge in [0.15, 0.2) is 0 Å². The van der Waals surface area contributed by atoms with Crippen LogP contribution in [0.4, 0.5) is 18.9 Å². The Kier molecular flexibility index (Phi) is 7.16. The number of rotatable bonds is 6. The first-order valence-corrected chi connectivity index (χ1v) is 7.44. The van der Waals surface area contributed by atoms with E-state index in [9.17, 15) is 22.8 Å². The standard InChI is InChI=1S/C14H13Cl2F3N2O3/c1-3-24-13(23)9(7(2)22)6-20-21-12-10(15)4-8(5-11(12)16)14(17,18)19/h4-5,9H,3,6H2,1-2H3. The van der Waals surface area contributed by atoms with Crippen molar-refractivity contribution in [2.75, 3.05) is 13.2 Å². The third-order valence-corrected chi connectivity index (χ3v) is 3.42. The molecule has 0 fully saturated rings. The van der Waals surface area contributed by atoms with E-state index in [-0.39, 0.29) is 28.9 Å². The number of azo groups is 1. The van der Waals surface area contributed by atoms with Crippen LogP contribution in [-0.4, -0.2) is 24.9 Å². The topological polar surface area (TPSA) is 68.1 Å². The number of ether oxygens (including phenoxy) is 1. The van der Waals surface area contributed by atoms with Crippen LogP contribution >= 0.6 is 23.2 Å². The van der Waals surface area contributed by atoms with Crippen LogP contribution in [-0.2, 0) is 20.5 Å². The minimum absolute atomic E-state index is 0.0936. The van der Waals surface area contributed by atoms with Crippen molar-refractivity contribution >= 4 is 40.6 Å². The lowest BCUT2D eigenvalue weighted by atomic mass is 10.1. The van der Waals surface area contributed by atoms with Gasteiger partial charge in [-0.2, -0.15) is 23.4 Å². The predicted octanol–water partition coefficient (Wildman–Crippen LogP) is 4.86. The van der Waals surface area contributed by atoms with Crippen molar-refractivity contribution in [2.24, 2.45) is 16.1 Å². The lowest BCUT2D eigenvalue weighted by Gasteiger charge is -2.10. The van der Waals surface area contributed by atoms with E-state index in [1.165, 1.54) is 6.92 Å².